The second kappa shape index (κ2) is 7.89. The summed E-state index contributed by atoms with van der Waals surface area (Å²) in [5.41, 5.74) is 1.20. The number of ether oxygens (including phenoxy) is 3. The van der Waals surface area contributed by atoms with E-state index in [2.05, 4.69) is 14.0 Å². The minimum absolute atomic E-state index is 0.653. The maximum atomic E-state index is 5.37. The normalized spacial score (nSPS) is 12.1. The molecular formula is C15H26NO3+. The van der Waals surface area contributed by atoms with E-state index >= 15 is 0 Å². The van der Waals surface area contributed by atoms with E-state index < -0.39 is 0 Å². The molecular weight excluding hydrogens is 242 g/mol. The second-order valence-electron chi connectivity index (χ2n) is 4.77. The molecule has 1 unspecified atom stereocenters. The number of quaternary nitrogens is 1. The first-order valence-corrected chi connectivity index (χ1v) is 6.76. The van der Waals surface area contributed by atoms with Gasteiger partial charge in [-0.25, -0.2) is 0 Å². The van der Waals surface area contributed by atoms with Crippen molar-refractivity contribution in [2.75, 3.05) is 34.9 Å². The molecule has 0 radical (unpaired) electrons. The van der Waals surface area contributed by atoms with Gasteiger partial charge in [0.05, 0.1) is 34.9 Å². The second-order valence-corrected chi connectivity index (χ2v) is 4.77. The summed E-state index contributed by atoms with van der Waals surface area (Å²) in [7, 11) is 7.13. The molecule has 1 aromatic rings. The van der Waals surface area contributed by atoms with E-state index in [0.717, 1.165) is 18.0 Å². The van der Waals surface area contributed by atoms with Crippen LogP contribution in [0, 0.1) is 0 Å². The average Bonchev–Trinajstić information content (AvgIpc) is 2.43. The van der Waals surface area contributed by atoms with Crippen molar-refractivity contribution in [1.29, 1.82) is 0 Å². The molecule has 0 saturated carbocycles. The van der Waals surface area contributed by atoms with Crippen molar-refractivity contribution < 1.29 is 19.1 Å². The molecule has 0 aliphatic rings. The molecule has 0 aromatic heterocycles. The molecule has 4 heteroatoms. The van der Waals surface area contributed by atoms with E-state index in [-0.39, 0.29) is 0 Å². The summed E-state index contributed by atoms with van der Waals surface area (Å²) < 4.78 is 16.1. The fourth-order valence-electron chi connectivity index (χ4n) is 2.15. The number of hydrogen-bond acceptors (Lipinski definition) is 3. The van der Waals surface area contributed by atoms with E-state index in [1.807, 2.05) is 12.1 Å². The zero-order valence-corrected chi connectivity index (χ0v) is 12.7. The molecule has 1 atom stereocenters. The monoisotopic (exact) mass is 268 g/mol. The summed E-state index contributed by atoms with van der Waals surface area (Å²) in [5.74, 6) is 2.10. The highest BCUT2D eigenvalue weighted by Crippen LogP contribution is 2.37. The summed E-state index contributed by atoms with van der Waals surface area (Å²) in [6, 6.07) is 4.05. The zero-order chi connectivity index (χ0) is 14.3. The molecule has 0 heterocycles. The lowest BCUT2D eigenvalue weighted by Crippen LogP contribution is -3.07. The van der Waals surface area contributed by atoms with Crippen LogP contribution >= 0.6 is 0 Å². The van der Waals surface area contributed by atoms with Gasteiger partial charge in [0.2, 0.25) is 5.75 Å². The van der Waals surface area contributed by atoms with Crippen molar-refractivity contribution in [3.63, 3.8) is 0 Å². The Kier molecular flexibility index (Phi) is 6.50. The third kappa shape index (κ3) is 4.31. The molecule has 0 aliphatic carbocycles. The van der Waals surface area contributed by atoms with Crippen LogP contribution in [0.3, 0.4) is 0 Å². The number of nitrogens with one attached hydrogen (secondary N) is 1. The van der Waals surface area contributed by atoms with Crippen LogP contribution in [0.25, 0.3) is 0 Å². The molecule has 0 bridgehead atoms. The van der Waals surface area contributed by atoms with Crippen molar-refractivity contribution >= 4 is 0 Å². The van der Waals surface area contributed by atoms with Crippen molar-refractivity contribution in [2.24, 2.45) is 0 Å². The molecule has 4 nitrogen and oxygen atoms in total. The highest BCUT2D eigenvalue weighted by atomic mass is 16.5. The van der Waals surface area contributed by atoms with Gasteiger partial charge in [0.15, 0.2) is 11.5 Å². The quantitative estimate of drug-likeness (QED) is 0.776. The van der Waals surface area contributed by atoms with E-state index in [9.17, 15) is 0 Å². The Labute approximate surface area is 116 Å². The summed E-state index contributed by atoms with van der Waals surface area (Å²) in [4.78, 5) is 1.48. The number of hydrogen-bond donors (Lipinski definition) is 1. The van der Waals surface area contributed by atoms with Gasteiger partial charge >= 0.3 is 0 Å². The van der Waals surface area contributed by atoms with Gasteiger partial charge in [0, 0.05) is 5.56 Å². The van der Waals surface area contributed by atoms with E-state index in [1.54, 1.807) is 21.3 Å². The predicted octanol–water partition coefficient (Wildman–Crippen LogP) is 1.53. The Morgan fingerprint density at radius 3 is 2.00 bits per heavy atom. The van der Waals surface area contributed by atoms with Crippen LogP contribution in [0.5, 0.6) is 17.2 Å². The van der Waals surface area contributed by atoms with Gasteiger partial charge in [-0.15, -0.1) is 0 Å². The van der Waals surface area contributed by atoms with Crippen LogP contribution in [0.4, 0.5) is 0 Å². The van der Waals surface area contributed by atoms with E-state index in [0.29, 0.717) is 5.75 Å². The highest BCUT2D eigenvalue weighted by molar-refractivity contribution is 5.53. The fourth-order valence-corrected chi connectivity index (χ4v) is 2.15. The van der Waals surface area contributed by atoms with Gasteiger partial charge in [0.1, 0.15) is 6.54 Å². The van der Waals surface area contributed by atoms with E-state index in [4.69, 9.17) is 14.2 Å². The number of methoxy groups -OCH3 is 3. The summed E-state index contributed by atoms with van der Waals surface area (Å²) >= 11 is 0. The van der Waals surface area contributed by atoms with Crippen molar-refractivity contribution in [1.82, 2.24) is 0 Å². The van der Waals surface area contributed by atoms with Crippen molar-refractivity contribution in [2.45, 2.75) is 26.3 Å². The van der Waals surface area contributed by atoms with Crippen molar-refractivity contribution in [3.8, 4) is 17.2 Å². The van der Waals surface area contributed by atoms with Gasteiger partial charge in [-0.1, -0.05) is 13.3 Å². The molecule has 1 rings (SSSR count). The third-order valence-corrected chi connectivity index (χ3v) is 3.19. The standard InChI is InChI=1S/C15H25NO3/c1-6-7-8-16(2)11-12-9-13(17-3)15(19-5)14(10-12)18-4/h9-10H,6-8,11H2,1-5H3/p+1. The lowest BCUT2D eigenvalue weighted by Gasteiger charge is -2.17. The van der Waals surface area contributed by atoms with Gasteiger partial charge in [-0.05, 0) is 18.6 Å². The SMILES string of the molecule is CCCC[NH+](C)Cc1cc(OC)c(OC)c(OC)c1. The van der Waals surface area contributed by atoms with Crippen LogP contribution in [0.15, 0.2) is 12.1 Å². The number of rotatable bonds is 8. The predicted molar refractivity (Wildman–Crippen MR) is 76.5 cm³/mol. The topological polar surface area (TPSA) is 32.1 Å². The smallest absolute Gasteiger partial charge is 0.203 e. The molecule has 108 valence electrons. The zero-order valence-electron chi connectivity index (χ0n) is 12.7. The molecule has 0 saturated heterocycles. The Balaban J connectivity index is 2.90. The minimum Gasteiger partial charge on any atom is -0.493 e. The third-order valence-electron chi connectivity index (χ3n) is 3.19. The van der Waals surface area contributed by atoms with Crippen LogP contribution in [-0.2, 0) is 6.54 Å². The minimum atomic E-state index is 0.653. The molecule has 1 aromatic carbocycles. The highest BCUT2D eigenvalue weighted by Gasteiger charge is 2.14. The Morgan fingerprint density at radius 1 is 1.00 bits per heavy atom. The largest absolute Gasteiger partial charge is 0.493 e. The average molecular weight is 268 g/mol. The lowest BCUT2D eigenvalue weighted by atomic mass is 10.1. The van der Waals surface area contributed by atoms with Gasteiger partial charge in [-0.3, -0.25) is 0 Å². The van der Waals surface area contributed by atoms with Crippen molar-refractivity contribution in [3.05, 3.63) is 17.7 Å². The molecule has 0 spiro atoms. The Bertz CT molecular complexity index is 368. The molecule has 0 fully saturated rings. The first-order chi connectivity index (χ1) is 9.15. The summed E-state index contributed by atoms with van der Waals surface area (Å²) in [6.45, 7) is 4.34. The van der Waals surface area contributed by atoms with Gasteiger partial charge < -0.3 is 19.1 Å². The van der Waals surface area contributed by atoms with Crippen LogP contribution < -0.4 is 19.1 Å². The van der Waals surface area contributed by atoms with Crippen LogP contribution in [0.2, 0.25) is 0 Å². The van der Waals surface area contributed by atoms with Gasteiger partial charge in [0.25, 0.3) is 0 Å². The molecule has 0 aliphatic heterocycles. The summed E-state index contributed by atoms with van der Waals surface area (Å²) in [5, 5.41) is 0. The Morgan fingerprint density at radius 2 is 1.58 bits per heavy atom. The first-order valence-electron chi connectivity index (χ1n) is 6.76. The van der Waals surface area contributed by atoms with Gasteiger partial charge in [-0.2, -0.15) is 0 Å². The van der Waals surface area contributed by atoms with Crippen LogP contribution in [-0.4, -0.2) is 34.9 Å². The Hall–Kier alpha value is -1.42. The number of benzene rings is 1. The lowest BCUT2D eigenvalue weighted by molar-refractivity contribution is -0.894. The molecule has 19 heavy (non-hydrogen) atoms. The maximum Gasteiger partial charge on any atom is 0.203 e. The fraction of sp³-hybridized carbons (Fsp3) is 0.600. The maximum absolute atomic E-state index is 5.37. The molecule has 1 N–H and O–H groups in total. The first kappa shape index (κ1) is 15.6. The van der Waals surface area contributed by atoms with E-state index in [1.165, 1.54) is 29.8 Å². The summed E-state index contributed by atoms with van der Waals surface area (Å²) in [6.07, 6.45) is 2.48. The number of unbranched alkanes of at least 4 members (excludes halogenated alkanes) is 1. The molecule has 0 amide bonds. The van der Waals surface area contributed by atoms with Crippen LogP contribution in [0.1, 0.15) is 25.3 Å².